The van der Waals surface area contributed by atoms with Crippen molar-refractivity contribution in [1.29, 1.82) is 5.26 Å². The highest BCUT2D eigenvalue weighted by Gasteiger charge is 2.34. The first kappa shape index (κ1) is 16.8. The molecule has 2 atom stereocenters. The maximum atomic E-state index is 12.1. The van der Waals surface area contributed by atoms with E-state index in [0.717, 1.165) is 11.3 Å². The average molecular weight is 315 g/mol. The third-order valence-corrected chi connectivity index (χ3v) is 4.00. The first-order chi connectivity index (χ1) is 11.1. The van der Waals surface area contributed by atoms with Crippen LogP contribution in [0.2, 0.25) is 0 Å². The molecule has 1 aliphatic rings. The summed E-state index contributed by atoms with van der Waals surface area (Å²) < 4.78 is 5.11. The Morgan fingerprint density at radius 2 is 2.17 bits per heavy atom. The zero-order valence-electron chi connectivity index (χ0n) is 13.4. The molecule has 6 heteroatoms. The maximum Gasteiger partial charge on any atom is 0.226 e. The molecule has 0 saturated carbocycles. The molecule has 0 radical (unpaired) electrons. The fourth-order valence-corrected chi connectivity index (χ4v) is 2.57. The van der Waals surface area contributed by atoms with Crippen LogP contribution in [-0.4, -0.2) is 36.4 Å². The summed E-state index contributed by atoms with van der Waals surface area (Å²) in [5, 5.41) is 11.6. The van der Waals surface area contributed by atoms with Crippen LogP contribution in [0.3, 0.4) is 0 Å². The Labute approximate surface area is 136 Å². The van der Waals surface area contributed by atoms with E-state index in [-0.39, 0.29) is 24.2 Å². The number of methoxy groups -OCH3 is 1. The lowest BCUT2D eigenvalue weighted by Crippen LogP contribution is -2.38. The molecular weight excluding hydrogens is 294 g/mol. The van der Waals surface area contributed by atoms with Gasteiger partial charge in [-0.2, -0.15) is 5.26 Å². The van der Waals surface area contributed by atoms with Crippen LogP contribution >= 0.6 is 0 Å². The van der Waals surface area contributed by atoms with Gasteiger partial charge in [0.1, 0.15) is 11.8 Å². The van der Waals surface area contributed by atoms with Gasteiger partial charge in [0, 0.05) is 19.5 Å². The van der Waals surface area contributed by atoms with Gasteiger partial charge in [-0.1, -0.05) is 19.1 Å². The van der Waals surface area contributed by atoms with Crippen LogP contribution < -0.4 is 10.1 Å². The smallest absolute Gasteiger partial charge is 0.226 e. The molecule has 2 rings (SSSR count). The minimum absolute atomic E-state index is 0.0361. The summed E-state index contributed by atoms with van der Waals surface area (Å²) in [5.41, 5.74) is 0.990. The number of likely N-dealkylation sites (tertiary alicyclic amines) is 1. The molecule has 0 bridgehead atoms. The molecule has 2 amide bonds. The van der Waals surface area contributed by atoms with Crippen molar-refractivity contribution in [2.24, 2.45) is 5.92 Å². The summed E-state index contributed by atoms with van der Waals surface area (Å²) in [6.07, 6.45) is 0.752. The second-order valence-corrected chi connectivity index (χ2v) is 5.62. The van der Waals surface area contributed by atoms with E-state index in [0.29, 0.717) is 19.5 Å². The number of nitrogens with one attached hydrogen (secondary N) is 1. The zero-order valence-corrected chi connectivity index (χ0v) is 13.4. The molecule has 0 aliphatic carbocycles. The van der Waals surface area contributed by atoms with E-state index in [2.05, 4.69) is 5.32 Å². The van der Waals surface area contributed by atoms with Crippen molar-refractivity contribution < 1.29 is 14.3 Å². The van der Waals surface area contributed by atoms with Gasteiger partial charge in [0.25, 0.3) is 0 Å². The number of nitriles is 1. The van der Waals surface area contributed by atoms with Crippen molar-refractivity contribution in [1.82, 2.24) is 10.2 Å². The Morgan fingerprint density at radius 1 is 1.48 bits per heavy atom. The lowest BCUT2D eigenvalue weighted by atomic mass is 10.1. The number of carbonyl (C=O) groups excluding carboxylic acids is 2. The van der Waals surface area contributed by atoms with Gasteiger partial charge >= 0.3 is 0 Å². The molecule has 0 spiro atoms. The number of hydrogen-bond acceptors (Lipinski definition) is 4. The van der Waals surface area contributed by atoms with E-state index in [1.807, 2.05) is 37.3 Å². The van der Waals surface area contributed by atoms with Gasteiger partial charge in [0.05, 0.1) is 19.1 Å². The van der Waals surface area contributed by atoms with Crippen molar-refractivity contribution in [3.63, 3.8) is 0 Å². The Hall–Kier alpha value is -2.55. The number of carbonyl (C=O) groups is 2. The molecule has 0 unspecified atom stereocenters. The summed E-state index contributed by atoms with van der Waals surface area (Å²) in [7, 11) is 1.60. The average Bonchev–Trinajstić information content (AvgIpc) is 2.94. The topological polar surface area (TPSA) is 82.4 Å². The summed E-state index contributed by atoms with van der Waals surface area (Å²) >= 11 is 0. The molecule has 122 valence electrons. The van der Waals surface area contributed by atoms with Crippen molar-refractivity contribution in [2.45, 2.75) is 32.4 Å². The lowest BCUT2D eigenvalue weighted by molar-refractivity contribution is -0.129. The molecular formula is C17H21N3O3. The highest BCUT2D eigenvalue weighted by molar-refractivity contribution is 5.89. The quantitative estimate of drug-likeness (QED) is 0.861. The van der Waals surface area contributed by atoms with E-state index < -0.39 is 6.04 Å². The van der Waals surface area contributed by atoms with Crippen molar-refractivity contribution >= 4 is 11.8 Å². The highest BCUT2D eigenvalue weighted by atomic mass is 16.5. The number of ether oxygens (including phenoxy) is 1. The molecule has 1 aromatic rings. The van der Waals surface area contributed by atoms with Crippen LogP contribution in [0.15, 0.2) is 24.3 Å². The Kier molecular flexibility index (Phi) is 5.58. The maximum absolute atomic E-state index is 12.1. The van der Waals surface area contributed by atoms with Gasteiger partial charge in [0.15, 0.2) is 0 Å². The predicted molar refractivity (Wildman–Crippen MR) is 84.4 cm³/mol. The Balaban J connectivity index is 1.94. The first-order valence-corrected chi connectivity index (χ1v) is 7.68. The van der Waals surface area contributed by atoms with E-state index in [4.69, 9.17) is 10.00 Å². The van der Waals surface area contributed by atoms with Crippen molar-refractivity contribution in [2.75, 3.05) is 13.7 Å². The number of nitrogens with zero attached hydrogens (tertiary/aromatic N) is 2. The number of rotatable bonds is 6. The van der Waals surface area contributed by atoms with Crippen LogP contribution in [0.5, 0.6) is 5.75 Å². The van der Waals surface area contributed by atoms with Crippen LogP contribution in [-0.2, 0) is 16.1 Å². The number of hydrogen-bond donors (Lipinski definition) is 1. The Morgan fingerprint density at radius 3 is 2.74 bits per heavy atom. The molecule has 0 aromatic heterocycles. The summed E-state index contributed by atoms with van der Waals surface area (Å²) in [5.74, 6) is 0.124. The minimum atomic E-state index is -0.492. The SMILES string of the molecule is CC[C@@H](C#N)NC(=O)[C@H]1CC(=O)N(Cc2ccc(OC)cc2)C1. The summed E-state index contributed by atoms with van der Waals surface area (Å²) in [6, 6.07) is 9.05. The molecule has 6 nitrogen and oxygen atoms in total. The van der Waals surface area contributed by atoms with Crippen LogP contribution in [0.4, 0.5) is 0 Å². The van der Waals surface area contributed by atoms with Crippen molar-refractivity contribution in [3.05, 3.63) is 29.8 Å². The minimum Gasteiger partial charge on any atom is -0.497 e. The number of amides is 2. The van der Waals surface area contributed by atoms with Gasteiger partial charge < -0.3 is 15.0 Å². The second kappa shape index (κ2) is 7.63. The van der Waals surface area contributed by atoms with Crippen molar-refractivity contribution in [3.8, 4) is 11.8 Å². The van der Waals surface area contributed by atoms with Gasteiger partial charge in [-0.3, -0.25) is 9.59 Å². The second-order valence-electron chi connectivity index (χ2n) is 5.62. The summed E-state index contributed by atoms with van der Waals surface area (Å²) in [6.45, 7) is 2.70. The zero-order chi connectivity index (χ0) is 16.8. The highest BCUT2D eigenvalue weighted by Crippen LogP contribution is 2.21. The lowest BCUT2D eigenvalue weighted by Gasteiger charge is -2.17. The van der Waals surface area contributed by atoms with E-state index in [1.54, 1.807) is 12.0 Å². The predicted octanol–water partition coefficient (Wildman–Crippen LogP) is 1.46. The number of benzene rings is 1. The van der Waals surface area contributed by atoms with Crippen LogP contribution in [0.25, 0.3) is 0 Å². The van der Waals surface area contributed by atoms with Crippen LogP contribution in [0, 0.1) is 17.2 Å². The van der Waals surface area contributed by atoms with Gasteiger partial charge in [-0.25, -0.2) is 0 Å². The third kappa shape index (κ3) is 4.22. The molecule has 1 aromatic carbocycles. The summed E-state index contributed by atoms with van der Waals surface area (Å²) in [4.78, 5) is 25.9. The Bertz CT molecular complexity index is 607. The van der Waals surface area contributed by atoms with E-state index in [9.17, 15) is 9.59 Å². The molecule has 1 saturated heterocycles. The largest absolute Gasteiger partial charge is 0.497 e. The first-order valence-electron chi connectivity index (χ1n) is 7.68. The standard InChI is InChI=1S/C17H21N3O3/c1-3-14(9-18)19-17(22)13-8-16(21)20(11-13)10-12-4-6-15(23-2)7-5-12/h4-7,13-14H,3,8,10-11H2,1-2H3,(H,19,22)/t13-,14-/m0/s1. The van der Waals surface area contributed by atoms with E-state index in [1.165, 1.54) is 0 Å². The monoisotopic (exact) mass is 315 g/mol. The van der Waals surface area contributed by atoms with Gasteiger partial charge in [0.2, 0.25) is 11.8 Å². The molecule has 1 fully saturated rings. The fourth-order valence-electron chi connectivity index (χ4n) is 2.57. The molecule has 1 N–H and O–H groups in total. The molecule has 1 heterocycles. The fraction of sp³-hybridized carbons (Fsp3) is 0.471. The van der Waals surface area contributed by atoms with Crippen LogP contribution in [0.1, 0.15) is 25.3 Å². The third-order valence-electron chi connectivity index (χ3n) is 4.00. The van der Waals surface area contributed by atoms with Gasteiger partial charge in [-0.15, -0.1) is 0 Å². The van der Waals surface area contributed by atoms with Gasteiger partial charge in [-0.05, 0) is 24.1 Å². The van der Waals surface area contributed by atoms with E-state index >= 15 is 0 Å². The molecule has 23 heavy (non-hydrogen) atoms. The normalized spacial score (nSPS) is 18.4. The molecule has 1 aliphatic heterocycles.